The van der Waals surface area contributed by atoms with Gasteiger partial charge >= 0.3 is 6.36 Å². The second-order valence-corrected chi connectivity index (χ2v) is 1.40. The van der Waals surface area contributed by atoms with E-state index in [2.05, 4.69) is 15.2 Å². The second kappa shape index (κ2) is 2.24. The van der Waals surface area contributed by atoms with Crippen LogP contribution in [0.25, 0.3) is 0 Å². The predicted molar refractivity (Wildman–Crippen MR) is 24.2 cm³/mol. The van der Waals surface area contributed by atoms with Crippen LogP contribution in [0.2, 0.25) is 0 Å². The van der Waals surface area contributed by atoms with Gasteiger partial charge in [-0.2, -0.15) is 0 Å². The van der Waals surface area contributed by atoms with Crippen molar-refractivity contribution >= 4 is 0 Å². The molecule has 0 spiro atoms. The van der Waals surface area contributed by atoms with Gasteiger partial charge in [0.1, 0.15) is 0 Å². The smallest absolute Gasteiger partial charge is 0.434 e. The van der Waals surface area contributed by atoms with Crippen molar-refractivity contribution in [1.29, 1.82) is 0 Å². The van der Waals surface area contributed by atoms with Crippen LogP contribution in [0.1, 0.15) is 0 Å². The fourth-order valence-electron chi connectivity index (χ4n) is 0.391. The summed E-state index contributed by atoms with van der Waals surface area (Å²) in [5.74, 6) is -0.674. The first-order chi connectivity index (χ1) is 4.58. The van der Waals surface area contributed by atoms with Gasteiger partial charge < -0.3 is 9.15 Å². The number of furan rings is 1. The van der Waals surface area contributed by atoms with Gasteiger partial charge in [-0.05, 0) is 6.07 Å². The molecule has 0 saturated carbocycles. The third kappa shape index (κ3) is 2.00. The van der Waals surface area contributed by atoms with Gasteiger partial charge in [-0.15, -0.1) is 13.2 Å². The largest absolute Gasteiger partial charge is 0.575 e. The maximum atomic E-state index is 11.3. The SMILES string of the molecule is FC(F)(F)Oc1[c]cco1. The first kappa shape index (κ1) is 6.98. The van der Waals surface area contributed by atoms with Crippen molar-refractivity contribution in [2.45, 2.75) is 6.36 Å². The maximum absolute atomic E-state index is 11.3. The van der Waals surface area contributed by atoms with Gasteiger partial charge in [0, 0.05) is 0 Å². The first-order valence-electron chi connectivity index (χ1n) is 2.29. The minimum absolute atomic E-state index is 0.674. The average Bonchev–Trinajstić information content (AvgIpc) is 2.12. The summed E-state index contributed by atoms with van der Waals surface area (Å²) in [7, 11) is 0. The molecule has 1 aromatic rings. The molecule has 1 radical (unpaired) electrons. The van der Waals surface area contributed by atoms with Crippen LogP contribution in [-0.4, -0.2) is 6.36 Å². The molecule has 1 rings (SSSR count). The molecule has 0 amide bonds. The van der Waals surface area contributed by atoms with Crippen LogP contribution >= 0.6 is 0 Å². The van der Waals surface area contributed by atoms with E-state index in [4.69, 9.17) is 0 Å². The lowest BCUT2D eigenvalue weighted by Crippen LogP contribution is -2.16. The van der Waals surface area contributed by atoms with Crippen LogP contribution in [0, 0.1) is 6.07 Å². The quantitative estimate of drug-likeness (QED) is 0.612. The number of hydrogen-bond acceptors (Lipinski definition) is 2. The third-order valence-electron chi connectivity index (χ3n) is 0.653. The molecular formula is C5H2F3O2. The lowest BCUT2D eigenvalue weighted by molar-refractivity contribution is -0.280. The zero-order valence-corrected chi connectivity index (χ0v) is 4.61. The van der Waals surface area contributed by atoms with E-state index in [1.54, 1.807) is 0 Å². The molecule has 5 heteroatoms. The molecule has 0 saturated heterocycles. The molecule has 2 nitrogen and oxygen atoms in total. The Morgan fingerprint density at radius 1 is 1.50 bits per heavy atom. The van der Waals surface area contributed by atoms with Gasteiger partial charge in [-0.1, -0.05) is 0 Å². The van der Waals surface area contributed by atoms with Gasteiger partial charge in [0.2, 0.25) is 0 Å². The van der Waals surface area contributed by atoms with Crippen LogP contribution in [0.3, 0.4) is 0 Å². The fraction of sp³-hybridized carbons (Fsp3) is 0.200. The lowest BCUT2D eigenvalue weighted by Gasteiger charge is -2.03. The zero-order chi connectivity index (χ0) is 7.61. The Labute approximate surface area is 54.2 Å². The fourth-order valence-corrected chi connectivity index (χ4v) is 0.391. The standard InChI is InChI=1S/C5H2F3O2/c6-5(7,8)10-4-2-1-3-9-4/h1,3H. The van der Waals surface area contributed by atoms with E-state index in [9.17, 15) is 13.2 Å². The molecule has 0 atom stereocenters. The van der Waals surface area contributed by atoms with Crippen LogP contribution in [0.4, 0.5) is 13.2 Å². The van der Waals surface area contributed by atoms with Crippen molar-refractivity contribution in [2.75, 3.05) is 0 Å². The van der Waals surface area contributed by atoms with Crippen LogP contribution in [-0.2, 0) is 0 Å². The Balaban J connectivity index is 2.57. The van der Waals surface area contributed by atoms with E-state index < -0.39 is 12.3 Å². The Hall–Kier alpha value is -1.13. The predicted octanol–water partition coefficient (Wildman–Crippen LogP) is 1.98. The minimum atomic E-state index is -4.70. The molecule has 0 N–H and O–H groups in total. The minimum Gasteiger partial charge on any atom is -0.434 e. The number of halogens is 3. The molecule has 0 aliphatic heterocycles. The topological polar surface area (TPSA) is 22.4 Å². The summed E-state index contributed by atoms with van der Waals surface area (Å²) < 4.78 is 41.5. The highest BCUT2D eigenvalue weighted by atomic mass is 19.4. The molecule has 10 heavy (non-hydrogen) atoms. The molecule has 55 valence electrons. The monoisotopic (exact) mass is 151 g/mol. The van der Waals surface area contributed by atoms with Crippen molar-refractivity contribution < 1.29 is 22.3 Å². The number of hydrogen-bond donors (Lipinski definition) is 0. The molecule has 0 bridgehead atoms. The molecular weight excluding hydrogens is 149 g/mol. The van der Waals surface area contributed by atoms with Gasteiger partial charge in [0.25, 0.3) is 5.95 Å². The van der Waals surface area contributed by atoms with Gasteiger partial charge in [0.05, 0.1) is 12.3 Å². The highest BCUT2D eigenvalue weighted by Gasteiger charge is 2.32. The van der Waals surface area contributed by atoms with Crippen LogP contribution in [0.15, 0.2) is 16.7 Å². The normalized spacial score (nSPS) is 11.5. The van der Waals surface area contributed by atoms with Crippen LogP contribution in [0.5, 0.6) is 5.95 Å². The van der Waals surface area contributed by atoms with E-state index in [0.29, 0.717) is 0 Å². The van der Waals surface area contributed by atoms with Crippen molar-refractivity contribution in [2.24, 2.45) is 0 Å². The van der Waals surface area contributed by atoms with Crippen molar-refractivity contribution in [3.8, 4) is 5.95 Å². The highest BCUT2D eigenvalue weighted by molar-refractivity contribution is 5.01. The lowest BCUT2D eigenvalue weighted by atomic mass is 10.7. The summed E-state index contributed by atoms with van der Waals surface area (Å²) in [6.07, 6.45) is -3.66. The van der Waals surface area contributed by atoms with E-state index in [0.717, 1.165) is 6.26 Å². The Morgan fingerprint density at radius 3 is 2.60 bits per heavy atom. The van der Waals surface area contributed by atoms with E-state index >= 15 is 0 Å². The second-order valence-electron chi connectivity index (χ2n) is 1.40. The van der Waals surface area contributed by atoms with E-state index in [-0.39, 0.29) is 0 Å². The Kier molecular flexibility index (Phi) is 1.57. The first-order valence-corrected chi connectivity index (χ1v) is 2.29. The zero-order valence-electron chi connectivity index (χ0n) is 4.61. The van der Waals surface area contributed by atoms with Crippen molar-refractivity contribution in [1.82, 2.24) is 0 Å². The highest BCUT2D eigenvalue weighted by Crippen LogP contribution is 2.21. The van der Waals surface area contributed by atoms with Crippen LogP contribution < -0.4 is 4.74 Å². The summed E-state index contributed by atoms with van der Waals surface area (Å²) in [5.41, 5.74) is 0. The van der Waals surface area contributed by atoms with E-state index in [1.165, 1.54) is 6.07 Å². The summed E-state index contributed by atoms with van der Waals surface area (Å²) in [5, 5.41) is 0. The average molecular weight is 151 g/mol. The van der Waals surface area contributed by atoms with Gasteiger partial charge in [0.15, 0.2) is 0 Å². The Morgan fingerprint density at radius 2 is 2.20 bits per heavy atom. The van der Waals surface area contributed by atoms with Crippen molar-refractivity contribution in [3.63, 3.8) is 0 Å². The number of ether oxygens (including phenoxy) is 1. The molecule has 0 unspecified atom stereocenters. The van der Waals surface area contributed by atoms with Crippen molar-refractivity contribution in [3.05, 3.63) is 18.4 Å². The Bertz CT molecular complexity index is 189. The maximum Gasteiger partial charge on any atom is 0.575 e. The summed E-state index contributed by atoms with van der Waals surface area (Å²) in [6.45, 7) is 0. The number of rotatable bonds is 1. The molecule has 0 aliphatic rings. The summed E-state index contributed by atoms with van der Waals surface area (Å²) in [6, 6.07) is 3.27. The third-order valence-corrected chi connectivity index (χ3v) is 0.653. The summed E-state index contributed by atoms with van der Waals surface area (Å²) >= 11 is 0. The van der Waals surface area contributed by atoms with Gasteiger partial charge in [-0.3, -0.25) is 0 Å². The molecule has 0 fully saturated rings. The molecule has 0 aliphatic carbocycles. The molecule has 0 aromatic carbocycles. The molecule has 1 heterocycles. The van der Waals surface area contributed by atoms with E-state index in [1.807, 2.05) is 0 Å². The summed E-state index contributed by atoms with van der Waals surface area (Å²) in [4.78, 5) is 0. The van der Waals surface area contributed by atoms with Gasteiger partial charge in [-0.25, -0.2) is 0 Å². The molecule has 1 aromatic heterocycles. The number of alkyl halides is 3.